The second-order valence-corrected chi connectivity index (χ2v) is 10.6. The summed E-state index contributed by atoms with van der Waals surface area (Å²) in [6, 6.07) is 9.64. The molecule has 0 spiro atoms. The van der Waals surface area contributed by atoms with Gasteiger partial charge in [-0.1, -0.05) is 6.07 Å². The topological polar surface area (TPSA) is 172 Å². The van der Waals surface area contributed by atoms with Crippen LogP contribution in [0, 0.1) is 6.92 Å². The number of hydrogen-bond donors (Lipinski definition) is 0. The van der Waals surface area contributed by atoms with Gasteiger partial charge in [-0.05, 0) is 36.8 Å². The number of rotatable bonds is 8. The van der Waals surface area contributed by atoms with Crippen LogP contribution >= 0.6 is 0 Å². The van der Waals surface area contributed by atoms with Crippen LogP contribution in [-0.2, 0) is 42.9 Å². The molecule has 1 aromatic heterocycles. The molecule has 1 fully saturated rings. The van der Waals surface area contributed by atoms with Crippen LogP contribution in [0.5, 0.6) is 17.2 Å². The van der Waals surface area contributed by atoms with E-state index in [2.05, 4.69) is 0 Å². The maximum Gasteiger partial charge on any atom is 0.303 e. The first-order valence-electron chi connectivity index (χ1n) is 14.4. The molecule has 3 heterocycles. The maximum atomic E-state index is 13.6. The molecule has 0 unspecified atom stereocenters. The van der Waals surface area contributed by atoms with Gasteiger partial charge >= 0.3 is 23.9 Å². The van der Waals surface area contributed by atoms with Gasteiger partial charge in [-0.25, -0.2) is 0 Å². The monoisotopic (exact) mass is 640 g/mol. The molecule has 5 atom stereocenters. The number of aryl methyl sites for hydroxylation is 1. The molecule has 244 valence electrons. The van der Waals surface area contributed by atoms with E-state index in [1.807, 2.05) is 0 Å². The van der Waals surface area contributed by atoms with E-state index < -0.39 is 61.2 Å². The molecule has 2 aliphatic heterocycles. The molecule has 46 heavy (non-hydrogen) atoms. The van der Waals surface area contributed by atoms with Gasteiger partial charge in [0, 0.05) is 33.8 Å². The van der Waals surface area contributed by atoms with E-state index in [1.165, 1.54) is 25.1 Å². The molecule has 0 N–H and O–H groups in total. The van der Waals surface area contributed by atoms with Crippen molar-refractivity contribution in [1.82, 2.24) is 0 Å². The van der Waals surface area contributed by atoms with Gasteiger partial charge < -0.3 is 42.3 Å². The van der Waals surface area contributed by atoms with Crippen LogP contribution in [0.3, 0.4) is 0 Å². The molecular weight excluding hydrogens is 608 g/mol. The van der Waals surface area contributed by atoms with Crippen LogP contribution in [0.1, 0.15) is 33.5 Å². The highest BCUT2D eigenvalue weighted by Gasteiger charge is 2.53. The lowest BCUT2D eigenvalue weighted by Gasteiger charge is -2.43. The summed E-state index contributed by atoms with van der Waals surface area (Å²) in [4.78, 5) is 61.4. The molecule has 0 amide bonds. The van der Waals surface area contributed by atoms with Crippen molar-refractivity contribution in [2.45, 2.75) is 65.3 Å². The minimum absolute atomic E-state index is 0.128. The molecular formula is C32H32O14. The summed E-state index contributed by atoms with van der Waals surface area (Å²) in [5.74, 6) is -1.38. The molecule has 14 heteroatoms. The number of ether oxygens (including phenoxy) is 8. The van der Waals surface area contributed by atoms with Gasteiger partial charge in [0.05, 0.1) is 10.9 Å². The number of carbonyl (C=O) groups excluding carboxylic acids is 4. The molecule has 2 aromatic carbocycles. The third-order valence-electron chi connectivity index (χ3n) is 7.07. The standard InChI is InChI=1S/C32H32O14/c1-15-27(20-6-9-23-25(12-20)39-11-10-38-23)28(37)22-8-7-21(13-24(22)41-15)45-32-31(44-19(5)36)30(43-18(4)35)29(42-17(3)34)26(46-32)14-40-16(2)33/h6-9,12-13,26,29-32H,10-11,14H2,1-5H3/t26-,29-,30+,31-,32-/m0/s1. The van der Waals surface area contributed by atoms with Crippen molar-refractivity contribution in [3.63, 3.8) is 0 Å². The molecule has 2 aliphatic rings. The fourth-order valence-corrected chi connectivity index (χ4v) is 5.31. The van der Waals surface area contributed by atoms with Gasteiger partial charge in [-0.3, -0.25) is 24.0 Å². The van der Waals surface area contributed by atoms with Gasteiger partial charge in [0.1, 0.15) is 43.0 Å². The SMILES string of the molecule is CC(=O)OC[C@@H]1O[C@H](Oc2ccc3c(=O)c(-c4ccc5c(c4)OCCO5)c(C)oc3c2)[C@@H](OC(C)=O)[C@H](OC(C)=O)[C@H]1OC(C)=O. The van der Waals surface area contributed by atoms with Crippen LogP contribution in [0.4, 0.5) is 0 Å². The second-order valence-electron chi connectivity index (χ2n) is 10.6. The first kappa shape index (κ1) is 32.3. The third kappa shape index (κ3) is 7.07. The fourth-order valence-electron chi connectivity index (χ4n) is 5.31. The van der Waals surface area contributed by atoms with E-state index >= 15 is 0 Å². The Morgan fingerprint density at radius 3 is 2.11 bits per heavy atom. The molecule has 0 bridgehead atoms. The minimum atomic E-state index is -1.46. The Morgan fingerprint density at radius 1 is 0.783 bits per heavy atom. The molecule has 1 saturated heterocycles. The predicted octanol–water partition coefficient (Wildman–Crippen LogP) is 3.00. The normalized spacial score (nSPS) is 22.0. The summed E-state index contributed by atoms with van der Waals surface area (Å²) in [6.07, 6.45) is -6.81. The second kappa shape index (κ2) is 13.5. The average molecular weight is 641 g/mol. The third-order valence-corrected chi connectivity index (χ3v) is 7.07. The average Bonchev–Trinajstić information content (AvgIpc) is 2.98. The molecule has 0 radical (unpaired) electrons. The van der Waals surface area contributed by atoms with E-state index in [0.29, 0.717) is 41.6 Å². The number of benzene rings is 2. The predicted molar refractivity (Wildman–Crippen MR) is 156 cm³/mol. The Labute approximate surface area is 262 Å². The number of fused-ring (bicyclic) bond motifs is 2. The lowest BCUT2D eigenvalue weighted by Crippen LogP contribution is -2.63. The Bertz CT molecular complexity index is 1730. The van der Waals surface area contributed by atoms with Crippen LogP contribution in [-0.4, -0.2) is 74.4 Å². The summed E-state index contributed by atoms with van der Waals surface area (Å²) in [5.41, 5.74) is 0.828. The summed E-state index contributed by atoms with van der Waals surface area (Å²) >= 11 is 0. The van der Waals surface area contributed by atoms with Crippen LogP contribution in [0.25, 0.3) is 22.1 Å². The van der Waals surface area contributed by atoms with Gasteiger partial charge in [-0.2, -0.15) is 0 Å². The van der Waals surface area contributed by atoms with Crippen molar-refractivity contribution in [3.8, 4) is 28.4 Å². The van der Waals surface area contributed by atoms with Gasteiger partial charge in [0.2, 0.25) is 17.8 Å². The highest BCUT2D eigenvalue weighted by atomic mass is 16.7. The highest BCUT2D eigenvalue weighted by molar-refractivity contribution is 5.84. The highest BCUT2D eigenvalue weighted by Crippen LogP contribution is 2.36. The molecule has 5 rings (SSSR count). The minimum Gasteiger partial charge on any atom is -0.486 e. The Morgan fingerprint density at radius 2 is 1.43 bits per heavy atom. The van der Waals surface area contributed by atoms with E-state index in [0.717, 1.165) is 20.8 Å². The van der Waals surface area contributed by atoms with Crippen molar-refractivity contribution >= 4 is 34.8 Å². The van der Waals surface area contributed by atoms with Crippen molar-refractivity contribution in [2.75, 3.05) is 19.8 Å². The van der Waals surface area contributed by atoms with Crippen LogP contribution < -0.4 is 19.6 Å². The first-order valence-corrected chi connectivity index (χ1v) is 14.4. The lowest BCUT2D eigenvalue weighted by molar-refractivity contribution is -0.288. The van der Waals surface area contributed by atoms with Crippen molar-refractivity contribution < 1.29 is 61.5 Å². The fraction of sp³-hybridized carbons (Fsp3) is 0.406. The molecule has 0 saturated carbocycles. The van der Waals surface area contributed by atoms with Crippen LogP contribution in [0.2, 0.25) is 0 Å². The Balaban J connectivity index is 1.50. The maximum absolute atomic E-state index is 13.6. The van der Waals surface area contributed by atoms with E-state index in [4.69, 9.17) is 42.3 Å². The van der Waals surface area contributed by atoms with Gasteiger partial charge in [0.25, 0.3) is 0 Å². The number of esters is 4. The zero-order valence-electron chi connectivity index (χ0n) is 25.7. The van der Waals surface area contributed by atoms with E-state index in [1.54, 1.807) is 25.1 Å². The number of carbonyl (C=O) groups is 4. The number of hydrogen-bond acceptors (Lipinski definition) is 14. The van der Waals surface area contributed by atoms with Crippen molar-refractivity contribution in [1.29, 1.82) is 0 Å². The zero-order valence-corrected chi connectivity index (χ0v) is 25.7. The summed E-state index contributed by atoms with van der Waals surface area (Å²) in [5, 5.41) is 0.254. The summed E-state index contributed by atoms with van der Waals surface area (Å²) < 4.78 is 50.7. The Hall–Kier alpha value is -5.11. The molecule has 0 aliphatic carbocycles. The summed E-state index contributed by atoms with van der Waals surface area (Å²) in [6.45, 7) is 6.62. The van der Waals surface area contributed by atoms with Gasteiger partial charge in [-0.15, -0.1) is 0 Å². The zero-order chi connectivity index (χ0) is 33.1. The first-order chi connectivity index (χ1) is 21.9. The van der Waals surface area contributed by atoms with E-state index in [9.17, 15) is 24.0 Å². The quantitative estimate of drug-likeness (QED) is 0.260. The van der Waals surface area contributed by atoms with Gasteiger partial charge in [0.15, 0.2) is 23.7 Å². The van der Waals surface area contributed by atoms with Crippen LogP contribution in [0.15, 0.2) is 45.6 Å². The molecule has 3 aromatic rings. The summed E-state index contributed by atoms with van der Waals surface area (Å²) in [7, 11) is 0. The van der Waals surface area contributed by atoms with Crippen molar-refractivity contribution in [2.24, 2.45) is 0 Å². The molecule has 14 nitrogen and oxygen atoms in total. The van der Waals surface area contributed by atoms with Crippen molar-refractivity contribution in [3.05, 3.63) is 52.4 Å². The Kier molecular flexibility index (Phi) is 9.46. The largest absolute Gasteiger partial charge is 0.486 e. The smallest absolute Gasteiger partial charge is 0.303 e. The van der Waals surface area contributed by atoms with E-state index in [-0.39, 0.29) is 22.1 Å². The lowest BCUT2D eigenvalue weighted by atomic mass is 9.98.